The Morgan fingerprint density at radius 3 is 2.78 bits per heavy atom. The summed E-state index contributed by atoms with van der Waals surface area (Å²) in [6.07, 6.45) is 4.82. The van der Waals surface area contributed by atoms with E-state index in [0.29, 0.717) is 4.86 Å². The van der Waals surface area contributed by atoms with Crippen LogP contribution in [0, 0.1) is 0 Å². The molecular weight excluding hydrogens is 132 g/mol. The van der Waals surface area contributed by atoms with Gasteiger partial charge in [-0.15, -0.1) is 0 Å². The highest BCUT2D eigenvalue weighted by Gasteiger charge is 2.06. The van der Waals surface area contributed by atoms with E-state index in [1.165, 1.54) is 0 Å². The second-order valence-electron chi connectivity index (χ2n) is 2.09. The Bertz CT molecular complexity index is 191. The number of aliphatic hydroxyl groups excluding tert-OH is 1. The first-order chi connectivity index (χ1) is 4.20. The monoisotopic (exact) mass is 140 g/mol. The molecule has 1 rings (SSSR count). The summed E-state index contributed by atoms with van der Waals surface area (Å²) < 4.78 is 0. The Kier molecular flexibility index (Phi) is 1.78. The van der Waals surface area contributed by atoms with Crippen molar-refractivity contribution in [2.24, 2.45) is 0 Å². The smallest absolute Gasteiger partial charge is 0.107 e. The van der Waals surface area contributed by atoms with Crippen molar-refractivity contribution >= 4 is 17.1 Å². The molecule has 0 aliphatic heterocycles. The fourth-order valence-corrected chi connectivity index (χ4v) is 0.960. The summed E-state index contributed by atoms with van der Waals surface area (Å²) in [7, 11) is 0. The van der Waals surface area contributed by atoms with Crippen LogP contribution in [0.3, 0.4) is 0 Å². The lowest BCUT2D eigenvalue weighted by molar-refractivity contribution is 0.291. The number of aliphatic hydroxyl groups is 1. The van der Waals surface area contributed by atoms with E-state index in [1.54, 1.807) is 12.2 Å². The van der Waals surface area contributed by atoms with Crippen LogP contribution in [-0.2, 0) is 0 Å². The van der Waals surface area contributed by atoms with E-state index >= 15 is 0 Å². The fourth-order valence-electron chi connectivity index (χ4n) is 0.696. The third-order valence-electron chi connectivity index (χ3n) is 1.20. The molecule has 9 heavy (non-hydrogen) atoms. The summed E-state index contributed by atoms with van der Waals surface area (Å²) in [5, 5.41) is 9.02. The molecule has 1 atom stereocenters. The molecule has 0 saturated heterocycles. The SMILES string of the molecule is CC1=CC(=S)C(O)C=C1. The largest absolute Gasteiger partial charge is 0.383 e. The Morgan fingerprint density at radius 1 is 1.67 bits per heavy atom. The molecule has 1 nitrogen and oxygen atoms in total. The second kappa shape index (κ2) is 2.42. The van der Waals surface area contributed by atoms with E-state index in [0.717, 1.165) is 5.57 Å². The van der Waals surface area contributed by atoms with E-state index in [2.05, 4.69) is 0 Å². The second-order valence-corrected chi connectivity index (χ2v) is 2.57. The first-order valence-corrected chi connectivity index (χ1v) is 3.19. The molecule has 0 bridgehead atoms. The normalized spacial score (nSPS) is 26.2. The van der Waals surface area contributed by atoms with Gasteiger partial charge in [0.15, 0.2) is 0 Å². The highest BCUT2D eigenvalue weighted by atomic mass is 32.1. The molecule has 1 aliphatic rings. The van der Waals surface area contributed by atoms with Crippen LogP contribution >= 0.6 is 12.2 Å². The molecule has 0 aromatic rings. The van der Waals surface area contributed by atoms with E-state index in [9.17, 15) is 0 Å². The Balaban J connectivity index is 2.82. The molecule has 0 aromatic carbocycles. The van der Waals surface area contributed by atoms with Gasteiger partial charge in [-0.05, 0) is 13.0 Å². The van der Waals surface area contributed by atoms with Gasteiger partial charge in [-0.2, -0.15) is 0 Å². The van der Waals surface area contributed by atoms with Crippen LogP contribution in [0.25, 0.3) is 0 Å². The molecule has 0 aromatic heterocycles. The summed E-state index contributed by atoms with van der Waals surface area (Å²) in [6, 6.07) is 0. The molecular formula is C7H8OS. The van der Waals surface area contributed by atoms with Crippen molar-refractivity contribution in [1.82, 2.24) is 0 Å². The summed E-state index contributed by atoms with van der Waals surface area (Å²) in [4.78, 5) is 0.606. The van der Waals surface area contributed by atoms with Gasteiger partial charge in [0, 0.05) is 4.86 Å². The topological polar surface area (TPSA) is 20.2 Å². The molecule has 0 spiro atoms. The standard InChI is InChI=1S/C7H8OS/c1-5-2-3-6(8)7(9)4-5/h2-4,6,8H,1H3. The van der Waals surface area contributed by atoms with Crippen molar-refractivity contribution in [1.29, 1.82) is 0 Å². The molecule has 1 N–H and O–H groups in total. The fraction of sp³-hybridized carbons (Fsp3) is 0.286. The van der Waals surface area contributed by atoms with Crippen LogP contribution in [0.1, 0.15) is 6.92 Å². The Morgan fingerprint density at radius 2 is 2.33 bits per heavy atom. The minimum atomic E-state index is -0.538. The quantitative estimate of drug-likeness (QED) is 0.511. The van der Waals surface area contributed by atoms with Gasteiger partial charge in [0.1, 0.15) is 6.10 Å². The molecule has 1 unspecified atom stereocenters. The number of hydrogen-bond donors (Lipinski definition) is 1. The minimum Gasteiger partial charge on any atom is -0.383 e. The van der Waals surface area contributed by atoms with Gasteiger partial charge in [0.2, 0.25) is 0 Å². The highest BCUT2D eigenvalue weighted by Crippen LogP contribution is 2.07. The zero-order valence-electron chi connectivity index (χ0n) is 5.16. The highest BCUT2D eigenvalue weighted by molar-refractivity contribution is 7.80. The summed E-state index contributed by atoms with van der Waals surface area (Å²) in [5.41, 5.74) is 1.10. The van der Waals surface area contributed by atoms with E-state index in [-0.39, 0.29) is 0 Å². The van der Waals surface area contributed by atoms with E-state index < -0.39 is 6.10 Å². The molecule has 0 fully saturated rings. The zero-order chi connectivity index (χ0) is 6.85. The van der Waals surface area contributed by atoms with Gasteiger partial charge in [0.05, 0.1) is 0 Å². The van der Waals surface area contributed by atoms with Crippen molar-refractivity contribution in [3.8, 4) is 0 Å². The van der Waals surface area contributed by atoms with Crippen molar-refractivity contribution in [3.05, 3.63) is 23.8 Å². The maximum absolute atomic E-state index is 9.02. The molecule has 0 saturated carbocycles. The number of rotatable bonds is 0. The van der Waals surface area contributed by atoms with Gasteiger partial charge < -0.3 is 5.11 Å². The van der Waals surface area contributed by atoms with Crippen LogP contribution in [0.2, 0.25) is 0 Å². The zero-order valence-corrected chi connectivity index (χ0v) is 5.98. The first kappa shape index (κ1) is 6.65. The number of hydrogen-bond acceptors (Lipinski definition) is 2. The van der Waals surface area contributed by atoms with E-state index in [4.69, 9.17) is 17.3 Å². The van der Waals surface area contributed by atoms with Gasteiger partial charge in [0.25, 0.3) is 0 Å². The van der Waals surface area contributed by atoms with E-state index in [1.807, 2.05) is 13.0 Å². The molecule has 48 valence electrons. The molecule has 2 heteroatoms. The van der Waals surface area contributed by atoms with Crippen molar-refractivity contribution in [3.63, 3.8) is 0 Å². The first-order valence-electron chi connectivity index (χ1n) is 2.78. The third kappa shape index (κ3) is 1.47. The Hall–Kier alpha value is -0.470. The summed E-state index contributed by atoms with van der Waals surface area (Å²) in [5.74, 6) is 0. The third-order valence-corrected chi connectivity index (χ3v) is 1.56. The molecule has 0 radical (unpaired) electrons. The van der Waals surface area contributed by atoms with Crippen molar-refractivity contribution in [2.75, 3.05) is 0 Å². The van der Waals surface area contributed by atoms with Crippen LogP contribution in [0.5, 0.6) is 0 Å². The maximum atomic E-state index is 9.02. The van der Waals surface area contributed by atoms with Gasteiger partial charge in [-0.1, -0.05) is 29.9 Å². The van der Waals surface area contributed by atoms with Crippen LogP contribution in [0.15, 0.2) is 23.8 Å². The number of thiocarbonyl (C=S) groups is 1. The maximum Gasteiger partial charge on any atom is 0.107 e. The summed E-state index contributed by atoms with van der Waals surface area (Å²) in [6.45, 7) is 1.95. The van der Waals surface area contributed by atoms with Crippen LogP contribution < -0.4 is 0 Å². The molecule has 0 heterocycles. The van der Waals surface area contributed by atoms with Gasteiger partial charge in [-0.25, -0.2) is 0 Å². The number of allylic oxidation sites excluding steroid dienone is 2. The predicted molar refractivity (Wildman–Crippen MR) is 41.5 cm³/mol. The van der Waals surface area contributed by atoms with Crippen LogP contribution in [-0.4, -0.2) is 16.1 Å². The summed E-state index contributed by atoms with van der Waals surface area (Å²) >= 11 is 4.83. The predicted octanol–water partition coefficient (Wildman–Crippen LogP) is 1.23. The molecule has 0 amide bonds. The van der Waals surface area contributed by atoms with Crippen LogP contribution in [0.4, 0.5) is 0 Å². The van der Waals surface area contributed by atoms with Crippen molar-refractivity contribution < 1.29 is 5.11 Å². The van der Waals surface area contributed by atoms with Gasteiger partial charge >= 0.3 is 0 Å². The molecule has 1 aliphatic carbocycles. The average molecular weight is 140 g/mol. The lowest BCUT2D eigenvalue weighted by Gasteiger charge is -2.08. The van der Waals surface area contributed by atoms with Crippen molar-refractivity contribution in [2.45, 2.75) is 13.0 Å². The lowest BCUT2D eigenvalue weighted by Crippen LogP contribution is -2.15. The Labute approximate surface area is 59.7 Å². The lowest BCUT2D eigenvalue weighted by atomic mass is 10.1. The average Bonchev–Trinajstić information content (AvgIpc) is 1.80. The van der Waals surface area contributed by atoms with Gasteiger partial charge in [-0.3, -0.25) is 0 Å². The minimum absolute atomic E-state index is 0.538.